The number of anilines is 1. The average molecular weight is 414 g/mol. The lowest BCUT2D eigenvalue weighted by Gasteiger charge is -2.22. The minimum atomic E-state index is -0.136. The summed E-state index contributed by atoms with van der Waals surface area (Å²) in [7, 11) is 0. The molecule has 0 aromatic carbocycles. The van der Waals surface area contributed by atoms with Gasteiger partial charge in [0.05, 0.1) is 18.7 Å². The van der Waals surface area contributed by atoms with E-state index >= 15 is 0 Å². The smallest absolute Gasteiger partial charge is 0.231 e. The number of thiophene rings is 1. The Kier molecular flexibility index (Phi) is 6.34. The molecule has 4 rings (SSSR count). The highest BCUT2D eigenvalue weighted by Gasteiger charge is 2.16. The Labute approximate surface area is 172 Å². The van der Waals surface area contributed by atoms with E-state index in [-0.39, 0.29) is 12.3 Å². The molecule has 3 heterocycles. The summed E-state index contributed by atoms with van der Waals surface area (Å²) in [6.07, 6.45) is 8.23. The summed E-state index contributed by atoms with van der Waals surface area (Å²) in [5.74, 6) is 1.58. The number of pyridine rings is 1. The quantitative estimate of drug-likeness (QED) is 0.563. The van der Waals surface area contributed by atoms with Crippen LogP contribution in [-0.4, -0.2) is 22.5 Å². The van der Waals surface area contributed by atoms with Gasteiger partial charge in [-0.25, -0.2) is 9.97 Å². The SMILES string of the molecule is O=C(Cc1csc(-c2ccsc2)n1)Nc1ncccc1OCC1CCCCC1. The predicted molar refractivity (Wildman–Crippen MR) is 114 cm³/mol. The van der Waals surface area contributed by atoms with Crippen molar-refractivity contribution in [3.8, 4) is 16.3 Å². The number of carbonyl (C=O) groups is 1. The molecule has 0 spiro atoms. The molecule has 28 heavy (non-hydrogen) atoms. The molecule has 3 aromatic heterocycles. The molecule has 0 saturated heterocycles. The Bertz CT molecular complexity index is 902. The Balaban J connectivity index is 1.35. The number of nitrogens with one attached hydrogen (secondary N) is 1. The second kappa shape index (κ2) is 9.30. The summed E-state index contributed by atoms with van der Waals surface area (Å²) in [5, 5.41) is 9.85. The largest absolute Gasteiger partial charge is 0.489 e. The van der Waals surface area contributed by atoms with Crippen molar-refractivity contribution in [2.75, 3.05) is 11.9 Å². The molecule has 0 radical (unpaired) electrons. The van der Waals surface area contributed by atoms with Crippen LogP contribution in [0.2, 0.25) is 0 Å². The van der Waals surface area contributed by atoms with E-state index < -0.39 is 0 Å². The average Bonchev–Trinajstić information content (AvgIpc) is 3.40. The number of ether oxygens (including phenoxy) is 1. The van der Waals surface area contributed by atoms with Gasteiger partial charge in [0.2, 0.25) is 5.91 Å². The molecule has 1 fully saturated rings. The summed E-state index contributed by atoms with van der Waals surface area (Å²) >= 11 is 3.20. The monoisotopic (exact) mass is 413 g/mol. The van der Waals surface area contributed by atoms with Crippen molar-refractivity contribution >= 4 is 34.4 Å². The highest BCUT2D eigenvalue weighted by atomic mass is 32.1. The molecule has 1 N–H and O–H groups in total. The third-order valence-corrected chi connectivity index (χ3v) is 6.51. The molecule has 1 amide bonds. The Morgan fingerprint density at radius 1 is 1.21 bits per heavy atom. The van der Waals surface area contributed by atoms with E-state index in [0.717, 1.165) is 16.3 Å². The van der Waals surface area contributed by atoms with Crippen LogP contribution in [0.1, 0.15) is 37.8 Å². The lowest BCUT2D eigenvalue weighted by molar-refractivity contribution is -0.115. The topological polar surface area (TPSA) is 64.1 Å². The van der Waals surface area contributed by atoms with Crippen LogP contribution in [0.4, 0.5) is 5.82 Å². The van der Waals surface area contributed by atoms with Gasteiger partial charge in [-0.05, 0) is 42.3 Å². The summed E-state index contributed by atoms with van der Waals surface area (Å²) in [4.78, 5) is 21.4. The Morgan fingerprint density at radius 2 is 2.11 bits per heavy atom. The Morgan fingerprint density at radius 3 is 2.93 bits per heavy atom. The van der Waals surface area contributed by atoms with Gasteiger partial charge in [-0.15, -0.1) is 11.3 Å². The van der Waals surface area contributed by atoms with Gasteiger partial charge in [0.15, 0.2) is 11.6 Å². The summed E-state index contributed by atoms with van der Waals surface area (Å²) in [6, 6.07) is 5.74. The molecule has 5 nitrogen and oxygen atoms in total. The molecule has 0 atom stereocenters. The minimum Gasteiger partial charge on any atom is -0.489 e. The normalized spacial score (nSPS) is 14.7. The highest BCUT2D eigenvalue weighted by Crippen LogP contribution is 2.28. The van der Waals surface area contributed by atoms with Crippen LogP contribution >= 0.6 is 22.7 Å². The maximum absolute atomic E-state index is 12.5. The van der Waals surface area contributed by atoms with Crippen LogP contribution in [-0.2, 0) is 11.2 Å². The number of nitrogens with zero attached hydrogens (tertiary/aromatic N) is 2. The van der Waals surface area contributed by atoms with Crippen LogP contribution in [0.5, 0.6) is 5.75 Å². The maximum Gasteiger partial charge on any atom is 0.231 e. The maximum atomic E-state index is 12.5. The summed E-state index contributed by atoms with van der Waals surface area (Å²) < 4.78 is 5.99. The van der Waals surface area contributed by atoms with E-state index in [4.69, 9.17) is 4.74 Å². The van der Waals surface area contributed by atoms with Gasteiger partial charge in [0.25, 0.3) is 0 Å². The number of rotatable bonds is 7. The van der Waals surface area contributed by atoms with Crippen LogP contribution in [0.3, 0.4) is 0 Å². The molecule has 3 aromatic rings. The molecule has 0 aliphatic heterocycles. The molecule has 0 bridgehead atoms. The molecular weight excluding hydrogens is 390 g/mol. The van der Waals surface area contributed by atoms with Gasteiger partial charge in [-0.2, -0.15) is 11.3 Å². The van der Waals surface area contributed by atoms with Gasteiger partial charge in [-0.3, -0.25) is 4.79 Å². The van der Waals surface area contributed by atoms with Crippen molar-refractivity contribution in [2.24, 2.45) is 5.92 Å². The van der Waals surface area contributed by atoms with Crippen molar-refractivity contribution in [2.45, 2.75) is 38.5 Å². The van der Waals surface area contributed by atoms with Gasteiger partial charge < -0.3 is 10.1 Å². The molecule has 7 heteroatoms. The van der Waals surface area contributed by atoms with Gasteiger partial charge in [0, 0.05) is 22.5 Å². The third-order valence-electron chi connectivity index (χ3n) is 4.89. The number of thiazole rings is 1. The van der Waals surface area contributed by atoms with Gasteiger partial charge >= 0.3 is 0 Å². The van der Waals surface area contributed by atoms with Crippen molar-refractivity contribution in [1.29, 1.82) is 0 Å². The first-order valence-electron chi connectivity index (χ1n) is 9.62. The Hall–Kier alpha value is -2.25. The van der Waals surface area contributed by atoms with E-state index in [0.29, 0.717) is 24.1 Å². The third kappa shape index (κ3) is 4.97. The van der Waals surface area contributed by atoms with Crippen LogP contribution in [0.15, 0.2) is 40.5 Å². The number of hydrogen-bond donors (Lipinski definition) is 1. The number of amides is 1. The fourth-order valence-electron chi connectivity index (χ4n) is 3.41. The first kappa shape index (κ1) is 19.1. The zero-order chi connectivity index (χ0) is 19.2. The van der Waals surface area contributed by atoms with Crippen LogP contribution in [0, 0.1) is 5.92 Å². The minimum absolute atomic E-state index is 0.136. The molecule has 1 aliphatic rings. The van der Waals surface area contributed by atoms with Crippen LogP contribution in [0.25, 0.3) is 10.6 Å². The first-order chi connectivity index (χ1) is 13.8. The van der Waals surface area contributed by atoms with Crippen molar-refractivity contribution < 1.29 is 9.53 Å². The van der Waals surface area contributed by atoms with Crippen LogP contribution < -0.4 is 10.1 Å². The highest BCUT2D eigenvalue weighted by molar-refractivity contribution is 7.14. The summed E-state index contributed by atoms with van der Waals surface area (Å²) in [5.41, 5.74) is 1.87. The lowest BCUT2D eigenvalue weighted by atomic mass is 9.90. The molecule has 1 aliphatic carbocycles. The van der Waals surface area contributed by atoms with E-state index in [2.05, 4.69) is 20.7 Å². The number of hydrogen-bond acceptors (Lipinski definition) is 6. The summed E-state index contributed by atoms with van der Waals surface area (Å²) in [6.45, 7) is 0.685. The fourth-order valence-corrected chi connectivity index (χ4v) is 4.94. The van der Waals surface area contributed by atoms with Crippen molar-refractivity contribution in [3.05, 3.63) is 46.2 Å². The zero-order valence-electron chi connectivity index (χ0n) is 15.6. The molecule has 146 valence electrons. The molecular formula is C21H23N3O2S2. The second-order valence-electron chi connectivity index (χ2n) is 7.05. The van der Waals surface area contributed by atoms with E-state index in [1.807, 2.05) is 29.0 Å². The van der Waals surface area contributed by atoms with E-state index in [1.54, 1.807) is 28.9 Å². The zero-order valence-corrected chi connectivity index (χ0v) is 17.2. The van der Waals surface area contributed by atoms with E-state index in [1.165, 1.54) is 32.1 Å². The molecule has 0 unspecified atom stereocenters. The standard InChI is InChI=1S/C21H23N3O2S2/c25-19(11-17-14-28-21(23-17)16-8-10-27-13-16)24-20-18(7-4-9-22-20)26-12-15-5-2-1-3-6-15/h4,7-10,13-15H,1-3,5-6,11-12H2,(H,22,24,25). The lowest BCUT2D eigenvalue weighted by Crippen LogP contribution is -2.18. The second-order valence-corrected chi connectivity index (χ2v) is 8.68. The molecule has 1 saturated carbocycles. The van der Waals surface area contributed by atoms with Crippen molar-refractivity contribution in [3.63, 3.8) is 0 Å². The fraction of sp³-hybridized carbons (Fsp3) is 0.381. The first-order valence-corrected chi connectivity index (χ1v) is 11.4. The van der Waals surface area contributed by atoms with Gasteiger partial charge in [-0.1, -0.05) is 19.3 Å². The number of aromatic nitrogens is 2. The van der Waals surface area contributed by atoms with Gasteiger partial charge in [0.1, 0.15) is 5.01 Å². The number of carbonyl (C=O) groups excluding carboxylic acids is 1. The van der Waals surface area contributed by atoms with Crippen molar-refractivity contribution in [1.82, 2.24) is 9.97 Å². The predicted octanol–water partition coefficient (Wildman–Crippen LogP) is 5.41. The van der Waals surface area contributed by atoms with E-state index in [9.17, 15) is 4.79 Å².